The zero-order valence-corrected chi connectivity index (χ0v) is 16.8. The van der Waals surface area contributed by atoms with Gasteiger partial charge in [-0.15, -0.1) is 10.2 Å². The second kappa shape index (κ2) is 7.79. The average Bonchev–Trinajstić information content (AvgIpc) is 3.21. The summed E-state index contributed by atoms with van der Waals surface area (Å²) in [6, 6.07) is 19.3. The molecule has 5 rings (SSSR count). The monoisotopic (exact) mass is 386 g/mol. The average molecular weight is 387 g/mol. The van der Waals surface area contributed by atoms with Gasteiger partial charge in [0.05, 0.1) is 11.0 Å². The van der Waals surface area contributed by atoms with Gasteiger partial charge in [0.1, 0.15) is 5.82 Å². The number of anilines is 1. The van der Waals surface area contributed by atoms with E-state index in [1.165, 1.54) is 5.56 Å². The number of rotatable bonds is 5. The zero-order chi connectivity index (χ0) is 19.6. The lowest BCUT2D eigenvalue weighted by Crippen LogP contribution is -2.38. The summed E-state index contributed by atoms with van der Waals surface area (Å²) in [4.78, 5) is 7.41. The number of likely N-dealkylation sites (tertiary alicyclic amines) is 1. The Hall–Kier alpha value is -2.99. The van der Waals surface area contributed by atoms with Gasteiger partial charge in [-0.2, -0.15) is 0 Å². The maximum Gasteiger partial charge on any atom is 0.204 e. The van der Waals surface area contributed by atoms with Crippen LogP contribution in [0.3, 0.4) is 0 Å². The molecule has 2 aromatic heterocycles. The number of fused-ring (bicyclic) bond motifs is 3. The minimum Gasteiger partial charge on any atom is -0.364 e. The van der Waals surface area contributed by atoms with Crippen LogP contribution < -0.4 is 5.32 Å². The summed E-state index contributed by atoms with van der Waals surface area (Å²) < 4.78 is 2.15. The van der Waals surface area contributed by atoms with Gasteiger partial charge in [-0.1, -0.05) is 49.4 Å². The van der Waals surface area contributed by atoms with E-state index in [9.17, 15) is 0 Å². The van der Waals surface area contributed by atoms with Crippen LogP contribution in [0.15, 0.2) is 54.6 Å². The number of hydrogen-bond donors (Lipinski definition) is 1. The molecule has 2 aromatic carbocycles. The van der Waals surface area contributed by atoms with E-state index in [1.54, 1.807) is 0 Å². The van der Waals surface area contributed by atoms with E-state index in [2.05, 4.69) is 74.2 Å². The Labute approximate surface area is 170 Å². The van der Waals surface area contributed by atoms with Crippen LogP contribution in [0, 0.1) is 0 Å². The number of hydrogen-bond acceptors (Lipinski definition) is 5. The smallest absolute Gasteiger partial charge is 0.204 e. The third-order valence-electron chi connectivity index (χ3n) is 5.79. The molecule has 1 fully saturated rings. The van der Waals surface area contributed by atoms with Crippen molar-refractivity contribution in [2.45, 2.75) is 38.8 Å². The molecule has 0 atom stereocenters. The van der Waals surface area contributed by atoms with Crippen molar-refractivity contribution in [1.29, 1.82) is 0 Å². The molecule has 1 aliphatic rings. The molecule has 0 radical (unpaired) electrons. The van der Waals surface area contributed by atoms with E-state index in [1.807, 2.05) is 12.1 Å². The van der Waals surface area contributed by atoms with E-state index in [0.29, 0.717) is 6.04 Å². The lowest BCUT2D eigenvalue weighted by molar-refractivity contribution is 0.211. The van der Waals surface area contributed by atoms with Crippen molar-refractivity contribution < 1.29 is 0 Å². The molecule has 29 heavy (non-hydrogen) atoms. The maximum absolute atomic E-state index is 4.88. The van der Waals surface area contributed by atoms with E-state index in [0.717, 1.165) is 67.2 Å². The van der Waals surface area contributed by atoms with Crippen molar-refractivity contribution in [2.24, 2.45) is 0 Å². The molecule has 0 aliphatic carbocycles. The Bertz CT molecular complexity index is 1110. The first-order valence-corrected chi connectivity index (χ1v) is 10.5. The molecular weight excluding hydrogens is 360 g/mol. The van der Waals surface area contributed by atoms with Gasteiger partial charge in [0.2, 0.25) is 5.65 Å². The topological polar surface area (TPSA) is 58.4 Å². The minimum absolute atomic E-state index is 0.404. The molecule has 0 unspecified atom stereocenters. The Morgan fingerprint density at radius 2 is 1.72 bits per heavy atom. The Kier molecular flexibility index (Phi) is 4.86. The summed E-state index contributed by atoms with van der Waals surface area (Å²) >= 11 is 0. The van der Waals surface area contributed by atoms with Crippen molar-refractivity contribution in [3.8, 4) is 0 Å². The van der Waals surface area contributed by atoms with Crippen molar-refractivity contribution >= 4 is 22.5 Å². The number of piperidine rings is 1. The molecule has 1 aliphatic heterocycles. The number of aromatic nitrogens is 4. The first-order valence-electron chi connectivity index (χ1n) is 10.5. The third-order valence-corrected chi connectivity index (χ3v) is 5.79. The molecular formula is C23H26N6. The normalized spacial score (nSPS) is 15.9. The van der Waals surface area contributed by atoms with Crippen LogP contribution in [0.4, 0.5) is 5.82 Å². The fourth-order valence-corrected chi connectivity index (χ4v) is 4.24. The van der Waals surface area contributed by atoms with Gasteiger partial charge in [0.25, 0.3) is 0 Å². The molecule has 0 amide bonds. The highest BCUT2D eigenvalue weighted by atomic mass is 15.3. The van der Waals surface area contributed by atoms with Crippen molar-refractivity contribution in [2.75, 3.05) is 18.4 Å². The molecule has 3 heterocycles. The molecule has 1 N–H and O–H groups in total. The quantitative estimate of drug-likeness (QED) is 0.563. The van der Waals surface area contributed by atoms with Crippen LogP contribution in [0.25, 0.3) is 16.7 Å². The van der Waals surface area contributed by atoms with Gasteiger partial charge >= 0.3 is 0 Å². The van der Waals surface area contributed by atoms with Gasteiger partial charge in [-0.05, 0) is 30.5 Å². The van der Waals surface area contributed by atoms with Crippen LogP contribution in [-0.2, 0) is 13.0 Å². The molecule has 6 heteroatoms. The van der Waals surface area contributed by atoms with Crippen LogP contribution in [0.5, 0.6) is 0 Å². The Morgan fingerprint density at radius 1 is 0.966 bits per heavy atom. The Balaban J connectivity index is 1.35. The first-order chi connectivity index (χ1) is 14.3. The van der Waals surface area contributed by atoms with Crippen LogP contribution >= 0.6 is 0 Å². The summed E-state index contributed by atoms with van der Waals surface area (Å²) in [5.74, 6) is 1.82. The summed E-state index contributed by atoms with van der Waals surface area (Å²) in [7, 11) is 0. The maximum atomic E-state index is 4.88. The SMILES string of the molecule is CCc1nnc2c(NC3CCN(Cc4ccccc4)CC3)nc3ccccc3n12. The van der Waals surface area contributed by atoms with E-state index >= 15 is 0 Å². The summed E-state index contributed by atoms with van der Waals surface area (Å²) in [5, 5.41) is 12.5. The van der Waals surface area contributed by atoms with Crippen molar-refractivity contribution in [3.05, 3.63) is 66.0 Å². The summed E-state index contributed by atoms with van der Waals surface area (Å²) in [6.07, 6.45) is 3.04. The second-order valence-electron chi connectivity index (χ2n) is 7.76. The van der Waals surface area contributed by atoms with Gasteiger partial charge in [-0.25, -0.2) is 4.98 Å². The van der Waals surface area contributed by atoms with Gasteiger partial charge < -0.3 is 5.32 Å². The van der Waals surface area contributed by atoms with Gasteiger partial charge in [0.15, 0.2) is 5.82 Å². The third kappa shape index (κ3) is 3.56. The number of aryl methyl sites for hydroxylation is 1. The van der Waals surface area contributed by atoms with Gasteiger partial charge in [0, 0.05) is 32.1 Å². The Morgan fingerprint density at radius 3 is 2.52 bits per heavy atom. The lowest BCUT2D eigenvalue weighted by Gasteiger charge is -2.32. The molecule has 148 valence electrons. The number of para-hydroxylation sites is 2. The molecule has 1 saturated heterocycles. The van der Waals surface area contributed by atoms with Crippen LogP contribution in [0.2, 0.25) is 0 Å². The largest absolute Gasteiger partial charge is 0.364 e. The number of nitrogens with zero attached hydrogens (tertiary/aromatic N) is 5. The predicted octanol–water partition coefficient (Wildman–Crippen LogP) is 3.92. The predicted molar refractivity (Wildman–Crippen MR) is 116 cm³/mol. The highest BCUT2D eigenvalue weighted by Crippen LogP contribution is 2.24. The van der Waals surface area contributed by atoms with Crippen molar-refractivity contribution in [1.82, 2.24) is 24.5 Å². The summed E-state index contributed by atoms with van der Waals surface area (Å²) in [5.41, 5.74) is 4.24. The molecule has 0 spiro atoms. The van der Waals surface area contributed by atoms with E-state index in [4.69, 9.17) is 4.98 Å². The molecule has 0 saturated carbocycles. The minimum atomic E-state index is 0.404. The standard InChI is InChI=1S/C23H26N6/c1-2-21-26-27-23-22(25-19-10-6-7-11-20(19)29(21)23)24-18-12-14-28(15-13-18)16-17-8-4-3-5-9-17/h3-11,18H,2,12-16H2,1H3,(H,24,25). The fraction of sp³-hybridized carbons (Fsp3) is 0.348. The zero-order valence-electron chi connectivity index (χ0n) is 16.8. The highest BCUT2D eigenvalue weighted by molar-refractivity contribution is 5.83. The van der Waals surface area contributed by atoms with Crippen LogP contribution in [0.1, 0.15) is 31.2 Å². The molecule has 4 aromatic rings. The fourth-order valence-electron chi connectivity index (χ4n) is 4.24. The van der Waals surface area contributed by atoms with E-state index < -0.39 is 0 Å². The van der Waals surface area contributed by atoms with Crippen LogP contribution in [-0.4, -0.2) is 43.6 Å². The highest BCUT2D eigenvalue weighted by Gasteiger charge is 2.22. The summed E-state index contributed by atoms with van der Waals surface area (Å²) in [6.45, 7) is 5.31. The molecule has 6 nitrogen and oxygen atoms in total. The second-order valence-corrected chi connectivity index (χ2v) is 7.76. The first kappa shape index (κ1) is 18.1. The lowest BCUT2D eigenvalue weighted by atomic mass is 10.0. The molecule has 0 bridgehead atoms. The number of benzene rings is 2. The van der Waals surface area contributed by atoms with Crippen molar-refractivity contribution in [3.63, 3.8) is 0 Å². The van der Waals surface area contributed by atoms with E-state index in [-0.39, 0.29) is 0 Å². The number of nitrogens with one attached hydrogen (secondary N) is 1. The van der Waals surface area contributed by atoms with Gasteiger partial charge in [-0.3, -0.25) is 9.30 Å².